The summed E-state index contributed by atoms with van der Waals surface area (Å²) in [4.78, 5) is 14.8. The molecule has 5 rings (SSSR count). The fraction of sp³-hybridized carbons (Fsp3) is 0.455. The van der Waals surface area contributed by atoms with Crippen molar-refractivity contribution in [3.8, 4) is 17.3 Å². The number of H-pyrrole nitrogens is 1. The molecule has 2 aromatic heterocycles. The molecule has 6 nitrogen and oxygen atoms in total. The van der Waals surface area contributed by atoms with Crippen molar-refractivity contribution in [3.05, 3.63) is 35.4 Å². The van der Waals surface area contributed by atoms with Crippen LogP contribution in [-0.2, 0) is 4.74 Å². The summed E-state index contributed by atoms with van der Waals surface area (Å²) in [5.74, 6) is 0. The molecule has 1 saturated carbocycles. The van der Waals surface area contributed by atoms with Gasteiger partial charge in [0.15, 0.2) is 5.65 Å². The molecule has 0 spiro atoms. The SMILES string of the molecule is Clc1cc2[nH]c(OC3CCCCC3)nc2nc1-c1ccc(N2CCOCC2)cc1. The Labute approximate surface area is 175 Å². The van der Waals surface area contributed by atoms with Gasteiger partial charge in [-0.1, -0.05) is 30.2 Å². The van der Waals surface area contributed by atoms with Crippen molar-refractivity contribution in [1.29, 1.82) is 0 Å². The van der Waals surface area contributed by atoms with Gasteiger partial charge in [-0.3, -0.25) is 0 Å². The van der Waals surface area contributed by atoms with Gasteiger partial charge in [-0.2, -0.15) is 4.98 Å². The maximum Gasteiger partial charge on any atom is 0.296 e. The van der Waals surface area contributed by atoms with Gasteiger partial charge in [0.25, 0.3) is 6.01 Å². The van der Waals surface area contributed by atoms with Crippen LogP contribution in [0.2, 0.25) is 5.02 Å². The molecule has 2 aliphatic rings. The van der Waals surface area contributed by atoms with E-state index < -0.39 is 0 Å². The van der Waals surface area contributed by atoms with Crippen LogP contribution >= 0.6 is 11.6 Å². The fourth-order valence-electron chi connectivity index (χ4n) is 4.15. The lowest BCUT2D eigenvalue weighted by molar-refractivity contribution is 0.122. The number of nitrogens with one attached hydrogen (secondary N) is 1. The number of aromatic amines is 1. The highest BCUT2D eigenvalue weighted by Crippen LogP contribution is 2.31. The molecule has 152 valence electrons. The Kier molecular flexibility index (Phi) is 5.29. The van der Waals surface area contributed by atoms with Crippen LogP contribution in [0.3, 0.4) is 0 Å². The van der Waals surface area contributed by atoms with Gasteiger partial charge in [-0.05, 0) is 43.9 Å². The zero-order valence-corrected chi connectivity index (χ0v) is 17.1. The Morgan fingerprint density at radius 3 is 2.55 bits per heavy atom. The van der Waals surface area contributed by atoms with Crippen LogP contribution in [0, 0.1) is 0 Å². The van der Waals surface area contributed by atoms with Gasteiger partial charge >= 0.3 is 0 Å². The van der Waals surface area contributed by atoms with Gasteiger partial charge in [-0.15, -0.1) is 0 Å². The first-order valence-electron chi connectivity index (χ1n) is 10.4. The quantitative estimate of drug-likeness (QED) is 0.665. The molecule has 0 amide bonds. The van der Waals surface area contributed by atoms with Crippen LogP contribution in [0.5, 0.6) is 6.01 Å². The van der Waals surface area contributed by atoms with E-state index in [-0.39, 0.29) is 6.10 Å². The summed E-state index contributed by atoms with van der Waals surface area (Å²) >= 11 is 6.55. The number of fused-ring (bicyclic) bond motifs is 1. The number of aromatic nitrogens is 3. The van der Waals surface area contributed by atoms with Gasteiger partial charge < -0.3 is 19.4 Å². The largest absolute Gasteiger partial charge is 0.461 e. The van der Waals surface area contributed by atoms with Crippen LogP contribution in [0.4, 0.5) is 5.69 Å². The molecule has 29 heavy (non-hydrogen) atoms. The number of rotatable bonds is 4. The minimum atomic E-state index is 0.243. The molecule has 3 aromatic rings. The average molecular weight is 413 g/mol. The van der Waals surface area contributed by atoms with E-state index in [1.54, 1.807) is 0 Å². The lowest BCUT2D eigenvalue weighted by Gasteiger charge is -2.28. The second kappa shape index (κ2) is 8.20. The summed E-state index contributed by atoms with van der Waals surface area (Å²) in [5.41, 5.74) is 4.34. The lowest BCUT2D eigenvalue weighted by atomic mass is 9.98. The molecular formula is C22H25ClN4O2. The zero-order chi connectivity index (χ0) is 19.6. The number of hydrogen-bond acceptors (Lipinski definition) is 5. The maximum atomic E-state index is 6.55. The Morgan fingerprint density at radius 1 is 1.03 bits per heavy atom. The van der Waals surface area contributed by atoms with Crippen molar-refractivity contribution < 1.29 is 9.47 Å². The van der Waals surface area contributed by atoms with Crippen molar-refractivity contribution in [1.82, 2.24) is 15.0 Å². The molecule has 3 heterocycles. The summed E-state index contributed by atoms with van der Waals surface area (Å²) in [6.45, 7) is 3.38. The van der Waals surface area contributed by atoms with E-state index in [1.165, 1.54) is 24.9 Å². The predicted molar refractivity (Wildman–Crippen MR) is 115 cm³/mol. The third-order valence-corrected chi connectivity index (χ3v) is 6.04. The molecule has 0 bridgehead atoms. The van der Waals surface area contributed by atoms with Gasteiger partial charge in [0.2, 0.25) is 0 Å². The fourth-order valence-corrected chi connectivity index (χ4v) is 4.41. The number of pyridine rings is 1. The van der Waals surface area contributed by atoms with Crippen LogP contribution in [0.1, 0.15) is 32.1 Å². The van der Waals surface area contributed by atoms with Crippen molar-refractivity contribution >= 4 is 28.5 Å². The molecule has 0 radical (unpaired) electrons. The first-order valence-corrected chi connectivity index (χ1v) is 10.8. The molecule has 2 fully saturated rings. The summed E-state index contributed by atoms with van der Waals surface area (Å²) in [6.07, 6.45) is 6.16. The second-order valence-electron chi connectivity index (χ2n) is 7.76. The van der Waals surface area contributed by atoms with E-state index in [2.05, 4.69) is 39.1 Å². The number of hydrogen-bond donors (Lipinski definition) is 1. The highest BCUT2D eigenvalue weighted by atomic mass is 35.5. The van der Waals surface area contributed by atoms with Crippen LogP contribution in [0.15, 0.2) is 30.3 Å². The second-order valence-corrected chi connectivity index (χ2v) is 8.16. The normalized spacial score (nSPS) is 18.3. The molecule has 1 saturated heterocycles. The third-order valence-electron chi connectivity index (χ3n) is 5.75. The summed E-state index contributed by atoms with van der Waals surface area (Å²) in [5, 5.41) is 0.601. The number of anilines is 1. The first-order chi connectivity index (χ1) is 14.3. The Balaban J connectivity index is 1.38. The molecule has 1 aliphatic carbocycles. The third kappa shape index (κ3) is 4.05. The number of halogens is 1. The van der Waals surface area contributed by atoms with Gasteiger partial charge in [-0.25, -0.2) is 4.98 Å². The van der Waals surface area contributed by atoms with Crippen LogP contribution in [0.25, 0.3) is 22.4 Å². The van der Waals surface area contributed by atoms with Gasteiger partial charge in [0.1, 0.15) is 6.10 Å². The Hall–Kier alpha value is -2.31. The maximum absolute atomic E-state index is 6.55. The predicted octanol–water partition coefficient (Wildman–Crippen LogP) is 4.83. The molecule has 1 aliphatic heterocycles. The number of benzene rings is 1. The van der Waals surface area contributed by atoms with E-state index in [4.69, 9.17) is 26.1 Å². The minimum absolute atomic E-state index is 0.243. The zero-order valence-electron chi connectivity index (χ0n) is 16.4. The monoisotopic (exact) mass is 412 g/mol. The van der Waals surface area contributed by atoms with Crippen molar-refractivity contribution in [2.45, 2.75) is 38.2 Å². The van der Waals surface area contributed by atoms with E-state index in [0.717, 1.165) is 55.9 Å². The summed E-state index contributed by atoms with van der Waals surface area (Å²) in [6, 6.07) is 10.8. The number of imidazole rings is 1. The molecule has 0 unspecified atom stereocenters. The molecule has 1 N–H and O–H groups in total. The topological polar surface area (TPSA) is 63.3 Å². The number of morpholine rings is 1. The number of ether oxygens (including phenoxy) is 2. The van der Waals surface area contributed by atoms with Gasteiger partial charge in [0, 0.05) is 24.3 Å². The van der Waals surface area contributed by atoms with Crippen molar-refractivity contribution in [2.75, 3.05) is 31.2 Å². The van der Waals surface area contributed by atoms with Crippen LogP contribution < -0.4 is 9.64 Å². The lowest BCUT2D eigenvalue weighted by Crippen LogP contribution is -2.36. The minimum Gasteiger partial charge on any atom is -0.461 e. The standard InChI is InChI=1S/C22H25ClN4O2/c23-18-14-19-21(26-22(24-19)29-17-4-2-1-3-5-17)25-20(18)15-6-8-16(9-7-15)27-10-12-28-13-11-27/h6-9,14,17H,1-5,10-13H2,(H,24,25,26). The molecule has 0 atom stereocenters. The Bertz CT molecular complexity index is 976. The van der Waals surface area contributed by atoms with Gasteiger partial charge in [0.05, 0.1) is 29.4 Å². The summed E-state index contributed by atoms with van der Waals surface area (Å²) < 4.78 is 11.5. The number of nitrogens with zero attached hydrogens (tertiary/aromatic N) is 3. The molecular weight excluding hydrogens is 388 g/mol. The van der Waals surface area contributed by atoms with E-state index in [0.29, 0.717) is 16.7 Å². The first kappa shape index (κ1) is 18.7. The van der Waals surface area contributed by atoms with E-state index >= 15 is 0 Å². The summed E-state index contributed by atoms with van der Waals surface area (Å²) in [7, 11) is 0. The average Bonchev–Trinajstić information content (AvgIpc) is 3.15. The van der Waals surface area contributed by atoms with E-state index in [1.807, 2.05) is 6.07 Å². The van der Waals surface area contributed by atoms with E-state index in [9.17, 15) is 0 Å². The Morgan fingerprint density at radius 2 is 1.79 bits per heavy atom. The highest BCUT2D eigenvalue weighted by Gasteiger charge is 2.18. The molecule has 7 heteroatoms. The van der Waals surface area contributed by atoms with Crippen LogP contribution in [-0.4, -0.2) is 47.4 Å². The van der Waals surface area contributed by atoms with Crippen molar-refractivity contribution in [3.63, 3.8) is 0 Å². The molecule has 1 aromatic carbocycles. The smallest absolute Gasteiger partial charge is 0.296 e. The highest BCUT2D eigenvalue weighted by molar-refractivity contribution is 6.33. The van der Waals surface area contributed by atoms with Crippen molar-refractivity contribution in [2.24, 2.45) is 0 Å².